The van der Waals surface area contributed by atoms with E-state index in [9.17, 15) is 0 Å². The van der Waals surface area contributed by atoms with E-state index in [2.05, 4.69) is 43.4 Å². The van der Waals surface area contributed by atoms with Crippen molar-refractivity contribution in [3.63, 3.8) is 0 Å². The first-order chi connectivity index (χ1) is 10.1. The molecule has 0 aromatic heterocycles. The maximum atomic E-state index is 5.40. The lowest BCUT2D eigenvalue weighted by Gasteiger charge is -2.21. The Morgan fingerprint density at radius 1 is 0.905 bits per heavy atom. The van der Waals surface area contributed by atoms with Crippen LogP contribution < -0.4 is 14.8 Å². The fourth-order valence-corrected chi connectivity index (χ4v) is 2.68. The van der Waals surface area contributed by atoms with E-state index in [4.69, 9.17) is 9.47 Å². The third kappa shape index (κ3) is 3.19. The van der Waals surface area contributed by atoms with Crippen molar-refractivity contribution in [2.75, 3.05) is 21.3 Å². The molecular formula is C18H23NO2. The summed E-state index contributed by atoms with van der Waals surface area (Å²) in [5.74, 6) is 1.50. The molecule has 0 saturated carbocycles. The van der Waals surface area contributed by atoms with E-state index < -0.39 is 0 Å². The lowest BCUT2D eigenvalue weighted by Crippen LogP contribution is -2.18. The average Bonchev–Trinajstić information content (AvgIpc) is 2.49. The predicted molar refractivity (Wildman–Crippen MR) is 86.4 cm³/mol. The molecule has 1 unspecified atom stereocenters. The van der Waals surface area contributed by atoms with Crippen molar-refractivity contribution < 1.29 is 9.47 Å². The second-order valence-electron chi connectivity index (χ2n) is 5.20. The smallest absolute Gasteiger partial charge is 0.161 e. The molecule has 0 fully saturated rings. The molecule has 0 aliphatic rings. The topological polar surface area (TPSA) is 30.5 Å². The normalized spacial score (nSPS) is 12.0. The first-order valence-electron chi connectivity index (χ1n) is 7.07. The zero-order valence-electron chi connectivity index (χ0n) is 13.4. The molecule has 3 nitrogen and oxygen atoms in total. The highest BCUT2D eigenvalue weighted by atomic mass is 16.5. The van der Waals surface area contributed by atoms with Gasteiger partial charge < -0.3 is 14.8 Å². The van der Waals surface area contributed by atoms with Crippen molar-refractivity contribution in [2.45, 2.75) is 19.9 Å². The molecule has 2 aromatic carbocycles. The number of nitrogens with one attached hydrogen (secondary N) is 1. The SMILES string of the molecule is CNC(c1ccc(OC)c(OC)c1)c1ccc(C)cc1C. The number of methoxy groups -OCH3 is 2. The van der Waals surface area contributed by atoms with Gasteiger partial charge in [0.2, 0.25) is 0 Å². The van der Waals surface area contributed by atoms with Crippen LogP contribution in [0, 0.1) is 13.8 Å². The molecule has 1 N–H and O–H groups in total. The first-order valence-corrected chi connectivity index (χ1v) is 7.07. The second kappa shape index (κ2) is 6.64. The molecule has 2 rings (SSSR count). The minimum Gasteiger partial charge on any atom is -0.493 e. The van der Waals surface area contributed by atoms with Gasteiger partial charge >= 0.3 is 0 Å². The van der Waals surface area contributed by atoms with Crippen LogP contribution in [0.4, 0.5) is 0 Å². The summed E-state index contributed by atoms with van der Waals surface area (Å²) in [4.78, 5) is 0. The maximum Gasteiger partial charge on any atom is 0.161 e. The average molecular weight is 285 g/mol. The Labute approximate surface area is 126 Å². The maximum absolute atomic E-state index is 5.40. The van der Waals surface area contributed by atoms with Crippen LogP contribution in [0.3, 0.4) is 0 Å². The number of hydrogen-bond acceptors (Lipinski definition) is 3. The summed E-state index contributed by atoms with van der Waals surface area (Å²) >= 11 is 0. The van der Waals surface area contributed by atoms with Gasteiger partial charge in [0.1, 0.15) is 0 Å². The van der Waals surface area contributed by atoms with E-state index in [1.807, 2.05) is 19.2 Å². The van der Waals surface area contributed by atoms with Crippen molar-refractivity contribution in [1.82, 2.24) is 5.32 Å². The number of benzene rings is 2. The third-order valence-electron chi connectivity index (χ3n) is 3.77. The first kappa shape index (κ1) is 15.4. The van der Waals surface area contributed by atoms with Crippen LogP contribution in [-0.4, -0.2) is 21.3 Å². The highest BCUT2D eigenvalue weighted by Crippen LogP contribution is 2.33. The van der Waals surface area contributed by atoms with Crippen LogP contribution in [-0.2, 0) is 0 Å². The Hall–Kier alpha value is -2.00. The predicted octanol–water partition coefficient (Wildman–Crippen LogP) is 3.63. The van der Waals surface area contributed by atoms with Gasteiger partial charge in [-0.15, -0.1) is 0 Å². The molecule has 0 heterocycles. The summed E-state index contributed by atoms with van der Waals surface area (Å²) in [6, 6.07) is 12.7. The molecule has 3 heteroatoms. The van der Waals surface area contributed by atoms with Gasteiger partial charge in [-0.3, -0.25) is 0 Å². The largest absolute Gasteiger partial charge is 0.493 e. The zero-order valence-corrected chi connectivity index (χ0v) is 13.4. The van der Waals surface area contributed by atoms with Gasteiger partial charge in [-0.25, -0.2) is 0 Å². The zero-order chi connectivity index (χ0) is 15.4. The lowest BCUT2D eigenvalue weighted by molar-refractivity contribution is 0.354. The summed E-state index contributed by atoms with van der Waals surface area (Å²) in [5.41, 5.74) is 4.99. The van der Waals surface area contributed by atoms with Gasteiger partial charge in [0.05, 0.1) is 20.3 Å². The van der Waals surface area contributed by atoms with E-state index >= 15 is 0 Å². The van der Waals surface area contributed by atoms with Crippen LogP contribution in [0.5, 0.6) is 11.5 Å². The van der Waals surface area contributed by atoms with Gasteiger partial charge in [0, 0.05) is 0 Å². The highest BCUT2D eigenvalue weighted by Gasteiger charge is 2.16. The summed E-state index contributed by atoms with van der Waals surface area (Å²) in [6.45, 7) is 4.26. The fourth-order valence-electron chi connectivity index (χ4n) is 2.68. The van der Waals surface area contributed by atoms with Gasteiger partial charge in [0.25, 0.3) is 0 Å². The second-order valence-corrected chi connectivity index (χ2v) is 5.20. The summed E-state index contributed by atoms with van der Waals surface area (Å²) in [7, 11) is 5.28. The van der Waals surface area contributed by atoms with Gasteiger partial charge in [-0.05, 0) is 49.7 Å². The minimum atomic E-state index is 0.130. The minimum absolute atomic E-state index is 0.130. The number of hydrogen-bond donors (Lipinski definition) is 1. The fraction of sp³-hybridized carbons (Fsp3) is 0.333. The van der Waals surface area contributed by atoms with Crippen molar-refractivity contribution in [3.8, 4) is 11.5 Å². The summed E-state index contributed by atoms with van der Waals surface area (Å²) in [5, 5.41) is 3.39. The van der Waals surface area contributed by atoms with E-state index in [0.717, 1.165) is 17.1 Å². The van der Waals surface area contributed by atoms with E-state index in [1.165, 1.54) is 16.7 Å². The van der Waals surface area contributed by atoms with Crippen LogP contribution in [0.1, 0.15) is 28.3 Å². The Kier molecular flexibility index (Phi) is 4.86. The molecule has 112 valence electrons. The molecule has 0 radical (unpaired) electrons. The van der Waals surface area contributed by atoms with Crippen LogP contribution in [0.25, 0.3) is 0 Å². The number of aryl methyl sites for hydroxylation is 2. The molecular weight excluding hydrogens is 262 g/mol. The Balaban J connectivity index is 2.46. The molecule has 0 spiro atoms. The van der Waals surface area contributed by atoms with Gasteiger partial charge in [-0.1, -0.05) is 29.8 Å². The van der Waals surface area contributed by atoms with Gasteiger partial charge in [-0.2, -0.15) is 0 Å². The molecule has 1 atom stereocenters. The molecule has 0 aliphatic heterocycles. The Morgan fingerprint density at radius 3 is 2.19 bits per heavy atom. The van der Waals surface area contributed by atoms with Crippen LogP contribution in [0.2, 0.25) is 0 Å². The molecule has 0 amide bonds. The number of rotatable bonds is 5. The van der Waals surface area contributed by atoms with Crippen molar-refractivity contribution >= 4 is 0 Å². The van der Waals surface area contributed by atoms with E-state index in [1.54, 1.807) is 14.2 Å². The van der Waals surface area contributed by atoms with Crippen molar-refractivity contribution in [3.05, 3.63) is 58.7 Å². The van der Waals surface area contributed by atoms with Crippen molar-refractivity contribution in [1.29, 1.82) is 0 Å². The quantitative estimate of drug-likeness (QED) is 0.910. The lowest BCUT2D eigenvalue weighted by atomic mass is 9.94. The highest BCUT2D eigenvalue weighted by molar-refractivity contribution is 5.47. The molecule has 0 bridgehead atoms. The Bertz CT molecular complexity index is 623. The molecule has 2 aromatic rings. The molecule has 0 aliphatic carbocycles. The number of ether oxygens (including phenoxy) is 2. The van der Waals surface area contributed by atoms with Crippen LogP contribution in [0.15, 0.2) is 36.4 Å². The van der Waals surface area contributed by atoms with Crippen molar-refractivity contribution in [2.24, 2.45) is 0 Å². The van der Waals surface area contributed by atoms with Gasteiger partial charge in [0.15, 0.2) is 11.5 Å². The summed E-state index contributed by atoms with van der Waals surface area (Å²) in [6.07, 6.45) is 0. The van der Waals surface area contributed by atoms with Crippen LogP contribution >= 0.6 is 0 Å². The standard InChI is InChI=1S/C18H23NO2/c1-12-6-8-15(13(2)10-12)18(19-3)14-7-9-16(20-4)17(11-14)21-5/h6-11,18-19H,1-5H3. The third-order valence-corrected chi connectivity index (χ3v) is 3.77. The van der Waals surface area contributed by atoms with E-state index in [0.29, 0.717) is 0 Å². The molecule has 21 heavy (non-hydrogen) atoms. The summed E-state index contributed by atoms with van der Waals surface area (Å²) < 4.78 is 10.7. The Morgan fingerprint density at radius 2 is 1.62 bits per heavy atom. The monoisotopic (exact) mass is 285 g/mol. The van der Waals surface area contributed by atoms with E-state index in [-0.39, 0.29) is 6.04 Å². The molecule has 0 saturated heterocycles.